The van der Waals surface area contributed by atoms with Gasteiger partial charge in [-0.25, -0.2) is 13.1 Å². The molecule has 160 valence electrons. The van der Waals surface area contributed by atoms with E-state index in [0.29, 0.717) is 23.6 Å². The summed E-state index contributed by atoms with van der Waals surface area (Å²) < 4.78 is 34.7. The second-order valence-corrected chi connectivity index (χ2v) is 8.90. The molecule has 1 aliphatic heterocycles. The molecule has 1 aromatic carbocycles. The van der Waals surface area contributed by atoms with E-state index < -0.39 is 10.0 Å². The average Bonchev–Trinajstić information content (AvgIpc) is 3.16. The van der Waals surface area contributed by atoms with E-state index in [9.17, 15) is 8.42 Å². The number of anilines is 1. The fourth-order valence-electron chi connectivity index (χ4n) is 3.40. The molecule has 0 saturated carbocycles. The highest BCUT2D eigenvalue weighted by Crippen LogP contribution is 2.22. The fraction of sp³-hybridized carbons (Fsp3) is 0.421. The Kier molecular flexibility index (Phi) is 5.84. The van der Waals surface area contributed by atoms with Gasteiger partial charge in [0.15, 0.2) is 11.5 Å². The maximum Gasteiger partial charge on any atom is 0.244 e. The monoisotopic (exact) mass is 431 g/mol. The lowest BCUT2D eigenvalue weighted by molar-refractivity contribution is 0.311. The van der Waals surface area contributed by atoms with E-state index in [1.54, 1.807) is 22.7 Å². The Labute approximate surface area is 175 Å². The van der Waals surface area contributed by atoms with Gasteiger partial charge in [-0.05, 0) is 31.3 Å². The molecule has 4 rings (SSSR count). The molecule has 0 amide bonds. The maximum atomic E-state index is 12.6. The molecule has 10 nitrogen and oxygen atoms in total. The highest BCUT2D eigenvalue weighted by atomic mass is 32.2. The number of benzene rings is 1. The summed E-state index contributed by atoms with van der Waals surface area (Å²) in [6.45, 7) is 3.96. The third-order valence-corrected chi connectivity index (χ3v) is 6.64. The zero-order valence-corrected chi connectivity index (χ0v) is 17.8. The smallest absolute Gasteiger partial charge is 0.244 e. The van der Waals surface area contributed by atoms with Gasteiger partial charge in [0.1, 0.15) is 16.5 Å². The second kappa shape index (κ2) is 8.54. The van der Waals surface area contributed by atoms with E-state index in [-0.39, 0.29) is 11.4 Å². The van der Waals surface area contributed by atoms with Crippen molar-refractivity contribution in [3.63, 3.8) is 0 Å². The first-order chi connectivity index (χ1) is 14.5. The van der Waals surface area contributed by atoms with Gasteiger partial charge >= 0.3 is 0 Å². The van der Waals surface area contributed by atoms with Crippen LogP contribution < -0.4 is 14.4 Å². The van der Waals surface area contributed by atoms with Crippen molar-refractivity contribution < 1.29 is 13.2 Å². The summed E-state index contributed by atoms with van der Waals surface area (Å²) in [6.07, 6.45) is 0.356. The van der Waals surface area contributed by atoms with Crippen LogP contribution >= 0.6 is 0 Å². The van der Waals surface area contributed by atoms with Gasteiger partial charge in [0.25, 0.3) is 0 Å². The van der Waals surface area contributed by atoms with E-state index in [1.807, 2.05) is 12.1 Å². The van der Waals surface area contributed by atoms with Gasteiger partial charge in [-0.2, -0.15) is 4.52 Å². The number of piperazine rings is 1. The van der Waals surface area contributed by atoms with Crippen LogP contribution in [0.5, 0.6) is 5.75 Å². The molecule has 11 heteroatoms. The van der Waals surface area contributed by atoms with Gasteiger partial charge in [0.2, 0.25) is 10.0 Å². The van der Waals surface area contributed by atoms with Gasteiger partial charge in [-0.15, -0.1) is 15.3 Å². The SMILES string of the molecule is COc1ccccc1S(=O)(=O)NCCc1nnc2ccc(N3CCN(C)CC3)nn12. The number of nitrogens with zero attached hydrogens (tertiary/aromatic N) is 6. The van der Waals surface area contributed by atoms with Crippen molar-refractivity contribution in [1.82, 2.24) is 29.4 Å². The lowest BCUT2D eigenvalue weighted by Crippen LogP contribution is -2.45. The van der Waals surface area contributed by atoms with Gasteiger partial charge < -0.3 is 14.5 Å². The number of nitrogens with one attached hydrogen (secondary N) is 1. The third-order valence-electron chi connectivity index (χ3n) is 5.14. The first-order valence-electron chi connectivity index (χ1n) is 9.75. The van der Waals surface area contributed by atoms with Crippen LogP contribution in [0, 0.1) is 0 Å². The molecular weight excluding hydrogens is 406 g/mol. The molecule has 0 unspecified atom stereocenters. The van der Waals surface area contributed by atoms with Crippen molar-refractivity contribution in [3.8, 4) is 5.75 Å². The lowest BCUT2D eigenvalue weighted by atomic mass is 10.3. The first kappa shape index (κ1) is 20.5. The molecule has 30 heavy (non-hydrogen) atoms. The minimum absolute atomic E-state index is 0.106. The van der Waals surface area contributed by atoms with Crippen LogP contribution in [0.25, 0.3) is 5.65 Å². The molecule has 0 spiro atoms. The van der Waals surface area contributed by atoms with Crippen LogP contribution in [0.15, 0.2) is 41.3 Å². The fourth-order valence-corrected chi connectivity index (χ4v) is 4.60. The highest BCUT2D eigenvalue weighted by molar-refractivity contribution is 7.89. The molecule has 3 aromatic rings. The highest BCUT2D eigenvalue weighted by Gasteiger charge is 2.20. The van der Waals surface area contributed by atoms with Gasteiger partial charge in [-0.3, -0.25) is 0 Å². The van der Waals surface area contributed by atoms with Crippen LogP contribution in [-0.2, 0) is 16.4 Å². The number of hydrogen-bond acceptors (Lipinski definition) is 8. The van der Waals surface area contributed by atoms with Crippen LogP contribution in [-0.4, -0.2) is 80.0 Å². The molecule has 2 aromatic heterocycles. The van der Waals surface area contributed by atoms with E-state index in [1.165, 1.54) is 13.2 Å². The second-order valence-electron chi connectivity index (χ2n) is 7.17. The zero-order valence-electron chi connectivity index (χ0n) is 17.0. The van der Waals surface area contributed by atoms with E-state index in [4.69, 9.17) is 4.74 Å². The Hall–Kier alpha value is -2.76. The predicted octanol–water partition coefficient (Wildman–Crippen LogP) is 0.406. The summed E-state index contributed by atoms with van der Waals surface area (Å²) in [4.78, 5) is 4.62. The van der Waals surface area contributed by atoms with Crippen LogP contribution in [0.4, 0.5) is 5.82 Å². The normalized spacial score (nSPS) is 15.6. The maximum absolute atomic E-state index is 12.6. The molecule has 1 N–H and O–H groups in total. The molecule has 0 atom stereocenters. The van der Waals surface area contributed by atoms with Gasteiger partial charge in [-0.1, -0.05) is 12.1 Å². The Morgan fingerprint density at radius 3 is 2.60 bits per heavy atom. The Balaban J connectivity index is 1.47. The van der Waals surface area contributed by atoms with Gasteiger partial charge in [0, 0.05) is 39.1 Å². The number of rotatable bonds is 7. The number of sulfonamides is 1. The van der Waals surface area contributed by atoms with E-state index in [2.05, 4.69) is 36.9 Å². The van der Waals surface area contributed by atoms with Crippen LogP contribution in [0.1, 0.15) is 5.82 Å². The van der Waals surface area contributed by atoms with Crippen molar-refractivity contribution in [2.75, 3.05) is 51.8 Å². The number of ether oxygens (including phenoxy) is 1. The average molecular weight is 432 g/mol. The molecule has 0 bridgehead atoms. The third kappa shape index (κ3) is 4.23. The summed E-state index contributed by atoms with van der Waals surface area (Å²) in [6, 6.07) is 10.3. The predicted molar refractivity (Wildman–Crippen MR) is 112 cm³/mol. The number of fused-ring (bicyclic) bond motifs is 1. The largest absolute Gasteiger partial charge is 0.495 e. The quantitative estimate of drug-likeness (QED) is 0.573. The Bertz CT molecular complexity index is 1120. The topological polar surface area (TPSA) is 105 Å². The molecule has 0 radical (unpaired) electrons. The summed E-state index contributed by atoms with van der Waals surface area (Å²) in [5, 5.41) is 13.0. The first-order valence-corrected chi connectivity index (χ1v) is 11.2. The minimum atomic E-state index is -3.71. The number of hydrogen-bond donors (Lipinski definition) is 1. The van der Waals surface area contributed by atoms with Crippen molar-refractivity contribution in [2.45, 2.75) is 11.3 Å². The molecule has 0 aliphatic carbocycles. The summed E-state index contributed by atoms with van der Waals surface area (Å²) in [5.41, 5.74) is 0.635. The Morgan fingerprint density at radius 2 is 1.83 bits per heavy atom. The minimum Gasteiger partial charge on any atom is -0.495 e. The molecular formula is C19H25N7O3S. The van der Waals surface area contributed by atoms with Crippen molar-refractivity contribution in [3.05, 3.63) is 42.2 Å². The van der Waals surface area contributed by atoms with Crippen LogP contribution in [0.3, 0.4) is 0 Å². The van der Waals surface area contributed by atoms with Crippen molar-refractivity contribution in [2.24, 2.45) is 0 Å². The number of methoxy groups -OCH3 is 1. The van der Waals surface area contributed by atoms with Crippen molar-refractivity contribution in [1.29, 1.82) is 0 Å². The summed E-state index contributed by atoms with van der Waals surface area (Å²) in [5.74, 6) is 1.77. The molecule has 3 heterocycles. The van der Waals surface area contributed by atoms with Crippen LogP contribution in [0.2, 0.25) is 0 Å². The van der Waals surface area contributed by atoms with Crippen molar-refractivity contribution >= 4 is 21.5 Å². The standard InChI is InChI=1S/C19H25N7O3S/c1-24-11-13-25(14-12-24)19-8-7-17-21-22-18(26(17)23-19)9-10-20-30(27,28)16-6-4-3-5-15(16)29-2/h3-8,20H,9-14H2,1-2H3. The van der Waals surface area contributed by atoms with E-state index >= 15 is 0 Å². The molecule has 1 aliphatic rings. The lowest BCUT2D eigenvalue weighted by Gasteiger charge is -2.33. The Morgan fingerprint density at radius 1 is 1.07 bits per heavy atom. The molecule has 1 saturated heterocycles. The van der Waals surface area contributed by atoms with Gasteiger partial charge in [0.05, 0.1) is 7.11 Å². The molecule has 1 fully saturated rings. The summed E-state index contributed by atoms with van der Waals surface area (Å²) >= 11 is 0. The number of para-hydroxylation sites is 1. The van der Waals surface area contributed by atoms with E-state index in [0.717, 1.165) is 32.0 Å². The zero-order chi connectivity index (χ0) is 21.1. The summed E-state index contributed by atoms with van der Waals surface area (Å²) in [7, 11) is -0.152. The number of aromatic nitrogens is 4. The number of likely N-dealkylation sites (N-methyl/N-ethyl adjacent to an activating group) is 1.